The SMILES string of the molecule is C1=C2NCC[C@@H]2CC1. The fraction of sp³-hybridized carbons (Fsp3) is 0.714. The summed E-state index contributed by atoms with van der Waals surface area (Å²) in [6, 6.07) is 0. The lowest BCUT2D eigenvalue weighted by atomic mass is 10.1. The highest BCUT2D eigenvalue weighted by Crippen LogP contribution is 2.29. The lowest BCUT2D eigenvalue weighted by Gasteiger charge is -1.98. The second kappa shape index (κ2) is 1.51. The van der Waals surface area contributed by atoms with Crippen LogP contribution >= 0.6 is 0 Å². The Morgan fingerprint density at radius 3 is 3.38 bits per heavy atom. The van der Waals surface area contributed by atoms with Crippen LogP contribution in [0.1, 0.15) is 19.3 Å². The number of hydrogen-bond acceptors (Lipinski definition) is 1. The Balaban J connectivity index is 2.20. The summed E-state index contributed by atoms with van der Waals surface area (Å²) >= 11 is 0. The van der Waals surface area contributed by atoms with Crippen LogP contribution in [0.15, 0.2) is 11.8 Å². The Morgan fingerprint density at radius 1 is 1.50 bits per heavy atom. The Hall–Kier alpha value is -0.460. The maximum absolute atomic E-state index is 3.38. The molecule has 1 nitrogen and oxygen atoms in total. The molecule has 1 fully saturated rings. The monoisotopic (exact) mass is 109 g/mol. The first-order chi connectivity index (χ1) is 3.97. The molecule has 0 aromatic rings. The zero-order chi connectivity index (χ0) is 5.40. The third-order valence-corrected chi connectivity index (χ3v) is 2.14. The van der Waals surface area contributed by atoms with E-state index in [1.807, 2.05) is 0 Å². The molecular weight excluding hydrogens is 98.1 g/mol. The van der Waals surface area contributed by atoms with Gasteiger partial charge in [0, 0.05) is 18.2 Å². The van der Waals surface area contributed by atoms with E-state index in [4.69, 9.17) is 0 Å². The molecule has 0 aromatic heterocycles. The Bertz CT molecular complexity index is 126. The topological polar surface area (TPSA) is 12.0 Å². The number of allylic oxidation sites excluding steroid dienone is 2. The van der Waals surface area contributed by atoms with Gasteiger partial charge in [-0.05, 0) is 19.3 Å². The fourth-order valence-electron chi connectivity index (χ4n) is 1.67. The van der Waals surface area contributed by atoms with Crippen LogP contribution in [0.2, 0.25) is 0 Å². The van der Waals surface area contributed by atoms with Crippen molar-refractivity contribution in [2.45, 2.75) is 19.3 Å². The molecule has 8 heavy (non-hydrogen) atoms. The van der Waals surface area contributed by atoms with E-state index < -0.39 is 0 Å². The lowest BCUT2D eigenvalue weighted by Crippen LogP contribution is -2.03. The zero-order valence-electron chi connectivity index (χ0n) is 4.98. The van der Waals surface area contributed by atoms with Crippen molar-refractivity contribution in [2.75, 3.05) is 6.54 Å². The van der Waals surface area contributed by atoms with E-state index in [1.165, 1.54) is 31.5 Å². The number of fused-ring (bicyclic) bond motifs is 1. The van der Waals surface area contributed by atoms with E-state index in [-0.39, 0.29) is 0 Å². The molecule has 1 aliphatic carbocycles. The van der Waals surface area contributed by atoms with E-state index in [2.05, 4.69) is 11.4 Å². The van der Waals surface area contributed by atoms with E-state index in [0.717, 1.165) is 5.92 Å². The highest BCUT2D eigenvalue weighted by Gasteiger charge is 2.22. The van der Waals surface area contributed by atoms with Crippen LogP contribution in [0, 0.1) is 5.92 Å². The van der Waals surface area contributed by atoms with Gasteiger partial charge in [0.25, 0.3) is 0 Å². The minimum atomic E-state index is 0.926. The van der Waals surface area contributed by atoms with Gasteiger partial charge in [-0.3, -0.25) is 0 Å². The van der Waals surface area contributed by atoms with Crippen molar-refractivity contribution in [3.63, 3.8) is 0 Å². The van der Waals surface area contributed by atoms with Gasteiger partial charge in [0.05, 0.1) is 0 Å². The van der Waals surface area contributed by atoms with Crippen LogP contribution in [0.25, 0.3) is 0 Å². The van der Waals surface area contributed by atoms with E-state index in [0.29, 0.717) is 0 Å². The van der Waals surface area contributed by atoms with Crippen LogP contribution in [-0.4, -0.2) is 6.54 Å². The number of rotatable bonds is 0. The largest absolute Gasteiger partial charge is 0.388 e. The van der Waals surface area contributed by atoms with Crippen molar-refractivity contribution in [1.82, 2.24) is 5.32 Å². The first-order valence-electron chi connectivity index (χ1n) is 3.41. The average molecular weight is 109 g/mol. The van der Waals surface area contributed by atoms with Gasteiger partial charge in [-0.15, -0.1) is 0 Å². The molecule has 0 amide bonds. The molecule has 0 saturated carbocycles. The minimum Gasteiger partial charge on any atom is -0.388 e. The van der Waals surface area contributed by atoms with Crippen LogP contribution in [-0.2, 0) is 0 Å². The molecule has 0 spiro atoms. The summed E-state index contributed by atoms with van der Waals surface area (Å²) in [5.41, 5.74) is 1.53. The Morgan fingerprint density at radius 2 is 2.50 bits per heavy atom. The number of hydrogen-bond donors (Lipinski definition) is 1. The quantitative estimate of drug-likeness (QED) is 0.494. The summed E-state index contributed by atoms with van der Waals surface area (Å²) in [4.78, 5) is 0. The van der Waals surface area contributed by atoms with E-state index in [9.17, 15) is 0 Å². The van der Waals surface area contributed by atoms with Crippen LogP contribution < -0.4 is 5.32 Å². The third kappa shape index (κ3) is 0.473. The van der Waals surface area contributed by atoms with Gasteiger partial charge in [0.2, 0.25) is 0 Å². The molecule has 1 N–H and O–H groups in total. The fourth-order valence-corrected chi connectivity index (χ4v) is 1.67. The van der Waals surface area contributed by atoms with Gasteiger partial charge >= 0.3 is 0 Å². The maximum atomic E-state index is 3.38. The highest BCUT2D eigenvalue weighted by molar-refractivity contribution is 5.14. The molecule has 0 bridgehead atoms. The van der Waals surface area contributed by atoms with Crippen molar-refractivity contribution in [1.29, 1.82) is 0 Å². The molecule has 2 rings (SSSR count). The van der Waals surface area contributed by atoms with Gasteiger partial charge in [-0.25, -0.2) is 0 Å². The summed E-state index contributed by atoms with van der Waals surface area (Å²) < 4.78 is 0. The van der Waals surface area contributed by atoms with Crippen molar-refractivity contribution in [3.05, 3.63) is 11.8 Å². The smallest absolute Gasteiger partial charge is 0.0150 e. The molecule has 0 radical (unpaired) electrons. The second-order valence-corrected chi connectivity index (χ2v) is 2.65. The van der Waals surface area contributed by atoms with Gasteiger partial charge in [-0.1, -0.05) is 6.08 Å². The first-order valence-corrected chi connectivity index (χ1v) is 3.41. The van der Waals surface area contributed by atoms with Crippen molar-refractivity contribution in [3.8, 4) is 0 Å². The molecule has 44 valence electrons. The van der Waals surface area contributed by atoms with Crippen LogP contribution in [0.3, 0.4) is 0 Å². The number of nitrogens with one attached hydrogen (secondary N) is 1. The van der Waals surface area contributed by atoms with Gasteiger partial charge in [0.15, 0.2) is 0 Å². The molecule has 1 aliphatic heterocycles. The molecule has 1 heteroatoms. The first kappa shape index (κ1) is 4.42. The van der Waals surface area contributed by atoms with Gasteiger partial charge in [0.1, 0.15) is 0 Å². The van der Waals surface area contributed by atoms with E-state index >= 15 is 0 Å². The lowest BCUT2D eigenvalue weighted by molar-refractivity contribution is 0.625. The summed E-state index contributed by atoms with van der Waals surface area (Å²) in [6.07, 6.45) is 6.44. The van der Waals surface area contributed by atoms with Crippen LogP contribution in [0.4, 0.5) is 0 Å². The van der Waals surface area contributed by atoms with Crippen LogP contribution in [0.5, 0.6) is 0 Å². The summed E-state index contributed by atoms with van der Waals surface area (Å²) in [5, 5.41) is 3.38. The van der Waals surface area contributed by atoms with Crippen molar-refractivity contribution in [2.24, 2.45) is 5.92 Å². The molecule has 0 aromatic carbocycles. The molecule has 2 aliphatic rings. The highest BCUT2D eigenvalue weighted by atomic mass is 14.9. The molecule has 1 atom stereocenters. The molecule has 1 heterocycles. The summed E-state index contributed by atoms with van der Waals surface area (Å²) in [7, 11) is 0. The molecule has 1 saturated heterocycles. The van der Waals surface area contributed by atoms with Gasteiger partial charge in [-0.2, -0.15) is 0 Å². The summed E-state index contributed by atoms with van der Waals surface area (Å²) in [5.74, 6) is 0.926. The standard InChI is InChI=1S/C7H11N/c1-2-6-4-5-8-7(6)3-1/h3,6,8H,1-2,4-5H2/t6-/m0/s1. The van der Waals surface area contributed by atoms with Gasteiger partial charge < -0.3 is 5.32 Å². The second-order valence-electron chi connectivity index (χ2n) is 2.65. The van der Waals surface area contributed by atoms with Crippen molar-refractivity contribution < 1.29 is 0 Å². The zero-order valence-corrected chi connectivity index (χ0v) is 4.98. The molecule has 0 unspecified atom stereocenters. The predicted octanol–water partition coefficient (Wildman–Crippen LogP) is 1.27. The normalized spacial score (nSPS) is 34.0. The maximum Gasteiger partial charge on any atom is 0.0150 e. The third-order valence-electron chi connectivity index (χ3n) is 2.14. The minimum absolute atomic E-state index is 0.926. The average Bonchev–Trinajstić information content (AvgIpc) is 2.15. The summed E-state index contributed by atoms with van der Waals surface area (Å²) in [6.45, 7) is 1.22. The van der Waals surface area contributed by atoms with E-state index in [1.54, 1.807) is 0 Å². The Labute approximate surface area is 49.8 Å². The molecular formula is C7H11N. The van der Waals surface area contributed by atoms with Crippen molar-refractivity contribution >= 4 is 0 Å². The Kier molecular flexibility index (Phi) is 0.833. The predicted molar refractivity (Wildman–Crippen MR) is 33.4 cm³/mol.